The van der Waals surface area contributed by atoms with Gasteiger partial charge in [0.05, 0.1) is 22.8 Å². The standard InChI is InChI=1S/C17H16N4O2S/c1-20-12-5-2-3-6-13(12)21(9-8-16(20)22)11-15-18-19-17(23-15)14-7-4-10-24-14/h2-7,10H,8-9,11H2,1H3. The lowest BCUT2D eigenvalue weighted by Gasteiger charge is -2.23. The van der Waals surface area contributed by atoms with E-state index in [2.05, 4.69) is 15.1 Å². The number of carbonyl (C=O) groups is 1. The van der Waals surface area contributed by atoms with Crippen LogP contribution in [-0.2, 0) is 11.3 Å². The predicted molar refractivity (Wildman–Crippen MR) is 93.1 cm³/mol. The number of hydrogen-bond acceptors (Lipinski definition) is 6. The van der Waals surface area contributed by atoms with Crippen LogP contribution in [0.4, 0.5) is 11.4 Å². The topological polar surface area (TPSA) is 62.5 Å². The molecule has 0 radical (unpaired) electrons. The quantitative estimate of drug-likeness (QED) is 0.733. The molecule has 24 heavy (non-hydrogen) atoms. The van der Waals surface area contributed by atoms with Crippen LogP contribution in [0, 0.1) is 0 Å². The fourth-order valence-electron chi connectivity index (χ4n) is 2.81. The van der Waals surface area contributed by atoms with E-state index in [1.807, 2.05) is 48.8 Å². The van der Waals surface area contributed by atoms with Gasteiger partial charge in [-0.15, -0.1) is 21.5 Å². The molecule has 0 bridgehead atoms. The number of amides is 1. The lowest BCUT2D eigenvalue weighted by molar-refractivity contribution is -0.118. The Bertz CT molecular complexity index is 859. The number of benzene rings is 1. The molecule has 7 heteroatoms. The molecule has 1 aromatic carbocycles. The van der Waals surface area contributed by atoms with E-state index < -0.39 is 0 Å². The summed E-state index contributed by atoms with van der Waals surface area (Å²) >= 11 is 1.57. The molecule has 0 unspecified atom stereocenters. The van der Waals surface area contributed by atoms with E-state index in [1.165, 1.54) is 0 Å². The molecule has 0 saturated heterocycles. The van der Waals surface area contributed by atoms with Crippen molar-refractivity contribution in [2.45, 2.75) is 13.0 Å². The fourth-order valence-corrected chi connectivity index (χ4v) is 3.46. The number of thiophene rings is 1. The maximum absolute atomic E-state index is 12.2. The van der Waals surface area contributed by atoms with Gasteiger partial charge in [-0.25, -0.2) is 0 Å². The summed E-state index contributed by atoms with van der Waals surface area (Å²) in [5, 5.41) is 10.3. The highest BCUT2D eigenvalue weighted by atomic mass is 32.1. The number of hydrogen-bond donors (Lipinski definition) is 0. The van der Waals surface area contributed by atoms with Crippen molar-refractivity contribution < 1.29 is 9.21 Å². The van der Waals surface area contributed by atoms with Gasteiger partial charge in [0.25, 0.3) is 5.89 Å². The Morgan fingerprint density at radius 1 is 1.17 bits per heavy atom. The average Bonchev–Trinajstić information content (AvgIpc) is 3.27. The van der Waals surface area contributed by atoms with Crippen LogP contribution in [0.3, 0.4) is 0 Å². The first-order valence-corrected chi connectivity index (χ1v) is 8.57. The van der Waals surface area contributed by atoms with Gasteiger partial charge in [-0.2, -0.15) is 0 Å². The molecule has 1 aliphatic rings. The van der Waals surface area contributed by atoms with Gasteiger partial charge in [-0.1, -0.05) is 18.2 Å². The maximum Gasteiger partial charge on any atom is 0.257 e. The van der Waals surface area contributed by atoms with Crippen molar-refractivity contribution in [1.82, 2.24) is 10.2 Å². The summed E-state index contributed by atoms with van der Waals surface area (Å²) in [5.41, 5.74) is 1.90. The molecule has 1 amide bonds. The molecule has 4 rings (SSSR count). The molecule has 0 aliphatic carbocycles. The fraction of sp³-hybridized carbons (Fsp3) is 0.235. The molecule has 122 valence electrons. The smallest absolute Gasteiger partial charge is 0.257 e. The minimum Gasteiger partial charge on any atom is -0.418 e. The van der Waals surface area contributed by atoms with Crippen molar-refractivity contribution in [3.8, 4) is 10.8 Å². The Hall–Kier alpha value is -2.67. The number of para-hydroxylation sites is 2. The van der Waals surface area contributed by atoms with E-state index >= 15 is 0 Å². The average molecular weight is 340 g/mol. The minimum atomic E-state index is 0.106. The monoisotopic (exact) mass is 340 g/mol. The summed E-state index contributed by atoms with van der Waals surface area (Å²) in [4.78, 5) is 17.0. The number of fused-ring (bicyclic) bond motifs is 1. The van der Waals surface area contributed by atoms with Crippen LogP contribution >= 0.6 is 11.3 Å². The molecule has 0 fully saturated rings. The lowest BCUT2D eigenvalue weighted by Crippen LogP contribution is -2.26. The van der Waals surface area contributed by atoms with Crippen molar-refractivity contribution in [2.75, 3.05) is 23.4 Å². The van der Waals surface area contributed by atoms with Gasteiger partial charge in [0, 0.05) is 20.0 Å². The predicted octanol–water partition coefficient (Wildman–Crippen LogP) is 3.17. The third-order valence-corrected chi connectivity index (χ3v) is 4.94. The van der Waals surface area contributed by atoms with Crippen LogP contribution in [-0.4, -0.2) is 29.7 Å². The van der Waals surface area contributed by atoms with E-state index in [9.17, 15) is 4.79 Å². The summed E-state index contributed by atoms with van der Waals surface area (Å²) in [7, 11) is 1.81. The molecular weight excluding hydrogens is 324 g/mol. The Morgan fingerprint density at radius 2 is 2.00 bits per heavy atom. The van der Waals surface area contributed by atoms with Gasteiger partial charge in [-0.3, -0.25) is 4.79 Å². The van der Waals surface area contributed by atoms with E-state index in [1.54, 1.807) is 16.2 Å². The zero-order valence-electron chi connectivity index (χ0n) is 13.2. The third-order valence-electron chi connectivity index (χ3n) is 4.08. The van der Waals surface area contributed by atoms with Gasteiger partial charge >= 0.3 is 0 Å². The van der Waals surface area contributed by atoms with Gasteiger partial charge in [-0.05, 0) is 23.6 Å². The summed E-state index contributed by atoms with van der Waals surface area (Å²) in [5.74, 6) is 1.19. The molecule has 2 aromatic heterocycles. The largest absolute Gasteiger partial charge is 0.418 e. The van der Waals surface area contributed by atoms with Crippen LogP contribution < -0.4 is 9.80 Å². The van der Waals surface area contributed by atoms with Gasteiger partial charge in [0.1, 0.15) is 0 Å². The molecule has 0 spiro atoms. The second-order valence-electron chi connectivity index (χ2n) is 5.59. The van der Waals surface area contributed by atoms with Crippen molar-refractivity contribution in [2.24, 2.45) is 0 Å². The molecular formula is C17H16N4O2S. The van der Waals surface area contributed by atoms with Gasteiger partial charge < -0.3 is 14.2 Å². The Morgan fingerprint density at radius 3 is 2.79 bits per heavy atom. The van der Waals surface area contributed by atoms with Crippen molar-refractivity contribution in [3.05, 3.63) is 47.7 Å². The molecule has 0 saturated carbocycles. The molecule has 3 aromatic rings. The molecule has 0 N–H and O–H groups in total. The first-order chi connectivity index (χ1) is 11.7. The Kier molecular flexibility index (Phi) is 3.78. The summed E-state index contributed by atoms with van der Waals surface area (Å²) in [6.07, 6.45) is 0.455. The highest BCUT2D eigenvalue weighted by molar-refractivity contribution is 7.13. The van der Waals surface area contributed by atoms with Crippen molar-refractivity contribution in [1.29, 1.82) is 0 Å². The molecule has 6 nitrogen and oxygen atoms in total. The summed E-state index contributed by atoms with van der Waals surface area (Å²) in [6, 6.07) is 11.8. The SMILES string of the molecule is CN1C(=O)CCN(Cc2nnc(-c3cccs3)o2)c2ccccc21. The van der Waals surface area contributed by atoms with E-state index in [-0.39, 0.29) is 5.91 Å². The molecule has 0 atom stereocenters. The number of carbonyl (C=O) groups excluding carboxylic acids is 1. The molecule has 3 heterocycles. The van der Waals surface area contributed by atoms with E-state index in [0.717, 1.165) is 16.3 Å². The zero-order valence-corrected chi connectivity index (χ0v) is 14.0. The minimum absolute atomic E-state index is 0.106. The highest BCUT2D eigenvalue weighted by Gasteiger charge is 2.24. The van der Waals surface area contributed by atoms with Crippen LogP contribution in [0.5, 0.6) is 0 Å². The normalized spacial score (nSPS) is 14.6. The molecule has 1 aliphatic heterocycles. The maximum atomic E-state index is 12.2. The first kappa shape index (κ1) is 14.9. The van der Waals surface area contributed by atoms with E-state index in [4.69, 9.17) is 4.42 Å². The van der Waals surface area contributed by atoms with Crippen LogP contribution in [0.2, 0.25) is 0 Å². The number of nitrogens with zero attached hydrogens (tertiary/aromatic N) is 4. The van der Waals surface area contributed by atoms with Crippen molar-refractivity contribution in [3.63, 3.8) is 0 Å². The zero-order chi connectivity index (χ0) is 16.5. The van der Waals surface area contributed by atoms with Crippen molar-refractivity contribution >= 4 is 28.6 Å². The summed E-state index contributed by atoms with van der Waals surface area (Å²) < 4.78 is 5.79. The van der Waals surface area contributed by atoms with Gasteiger partial charge in [0.2, 0.25) is 11.8 Å². The number of rotatable bonds is 3. The van der Waals surface area contributed by atoms with Gasteiger partial charge in [0.15, 0.2) is 0 Å². The highest BCUT2D eigenvalue weighted by Crippen LogP contribution is 2.33. The number of aromatic nitrogens is 2. The Balaban J connectivity index is 1.62. The third kappa shape index (κ3) is 2.67. The second-order valence-corrected chi connectivity index (χ2v) is 6.54. The Labute approximate surface area is 143 Å². The first-order valence-electron chi connectivity index (χ1n) is 7.69. The number of anilines is 2. The van der Waals surface area contributed by atoms with E-state index in [0.29, 0.717) is 31.3 Å². The lowest BCUT2D eigenvalue weighted by atomic mass is 10.2. The van der Waals surface area contributed by atoms with Crippen LogP contribution in [0.25, 0.3) is 10.8 Å². The van der Waals surface area contributed by atoms with Crippen LogP contribution in [0.1, 0.15) is 12.3 Å². The van der Waals surface area contributed by atoms with Crippen LogP contribution in [0.15, 0.2) is 46.2 Å². The summed E-state index contributed by atoms with van der Waals surface area (Å²) in [6.45, 7) is 1.10. The second kappa shape index (κ2) is 6.09.